The summed E-state index contributed by atoms with van der Waals surface area (Å²) in [5.74, 6) is 1.83. The molecule has 0 aromatic heterocycles. The molecule has 0 spiro atoms. The van der Waals surface area contributed by atoms with Gasteiger partial charge in [0.2, 0.25) is 0 Å². The fourth-order valence-corrected chi connectivity index (χ4v) is 2.27. The molecule has 0 aromatic rings. The molecule has 0 rings (SSSR count). The summed E-state index contributed by atoms with van der Waals surface area (Å²) in [5, 5.41) is 0.399. The van der Waals surface area contributed by atoms with E-state index in [9.17, 15) is 9.59 Å². The largest absolute Gasteiger partial charge is 0.288 e. The van der Waals surface area contributed by atoms with Crippen molar-refractivity contribution in [3.8, 4) is 0 Å². The molecule has 0 fully saturated rings. The Kier molecular flexibility index (Phi) is 11.1. The minimum Gasteiger partial charge on any atom is -0.288 e. The molecular weight excluding hydrogens is 240 g/mol. The van der Waals surface area contributed by atoms with E-state index in [1.807, 2.05) is 0 Å². The Bertz CT molecular complexity index is 213. The lowest BCUT2D eigenvalue weighted by Gasteiger charge is -1.95. The Morgan fingerprint density at radius 3 is 1.56 bits per heavy atom. The third-order valence-corrected chi connectivity index (χ3v) is 3.61. The molecule has 0 unspecified atom stereocenters. The molecule has 0 aliphatic rings. The maximum atomic E-state index is 10.6. The number of hydrogen-bond acceptors (Lipinski definition) is 4. The van der Waals surface area contributed by atoms with Crippen LogP contribution in [0.15, 0.2) is 12.2 Å². The summed E-state index contributed by atoms with van der Waals surface area (Å²) < 4.78 is 0. The number of unbranched alkanes of at least 4 members (excludes halogenated alkanes) is 2. The topological polar surface area (TPSA) is 34.1 Å². The maximum absolute atomic E-state index is 10.6. The predicted molar refractivity (Wildman–Crippen MR) is 73.9 cm³/mol. The number of carbonyl (C=O) groups is 2. The van der Waals surface area contributed by atoms with Gasteiger partial charge in [-0.1, -0.05) is 35.7 Å². The first kappa shape index (κ1) is 15.8. The van der Waals surface area contributed by atoms with E-state index < -0.39 is 0 Å². The highest BCUT2D eigenvalue weighted by atomic mass is 32.2. The third kappa shape index (κ3) is 13.8. The normalized spacial score (nSPS) is 10.9. The summed E-state index contributed by atoms with van der Waals surface area (Å²) >= 11 is 2.79. The van der Waals surface area contributed by atoms with Crippen molar-refractivity contribution in [3.63, 3.8) is 0 Å². The molecule has 0 bridgehead atoms. The molecule has 0 aromatic carbocycles. The summed E-state index contributed by atoms with van der Waals surface area (Å²) in [6.07, 6.45) is 8.53. The van der Waals surface area contributed by atoms with Crippen LogP contribution >= 0.6 is 23.5 Å². The van der Waals surface area contributed by atoms with Gasteiger partial charge in [0.15, 0.2) is 10.2 Å². The molecule has 0 saturated carbocycles. The SMILES string of the molecule is CC(=O)SCCC/C=C\CCCSC(C)=O. The monoisotopic (exact) mass is 260 g/mol. The van der Waals surface area contributed by atoms with Crippen molar-refractivity contribution in [2.24, 2.45) is 0 Å². The van der Waals surface area contributed by atoms with E-state index in [4.69, 9.17) is 0 Å². The van der Waals surface area contributed by atoms with Gasteiger partial charge in [-0.2, -0.15) is 0 Å². The first-order chi connectivity index (χ1) is 7.63. The van der Waals surface area contributed by atoms with Crippen molar-refractivity contribution in [3.05, 3.63) is 12.2 Å². The van der Waals surface area contributed by atoms with Crippen LogP contribution in [0.3, 0.4) is 0 Å². The number of allylic oxidation sites excluding steroid dienone is 2. The molecule has 4 heteroatoms. The van der Waals surface area contributed by atoms with Gasteiger partial charge >= 0.3 is 0 Å². The van der Waals surface area contributed by atoms with Crippen LogP contribution in [0.1, 0.15) is 39.5 Å². The lowest BCUT2D eigenvalue weighted by Crippen LogP contribution is -1.86. The third-order valence-electron chi connectivity index (χ3n) is 1.81. The summed E-state index contributed by atoms with van der Waals surface area (Å²) in [5.41, 5.74) is 0. The van der Waals surface area contributed by atoms with Crippen molar-refractivity contribution in [2.45, 2.75) is 39.5 Å². The van der Waals surface area contributed by atoms with E-state index in [1.165, 1.54) is 23.5 Å². The molecule has 0 heterocycles. The van der Waals surface area contributed by atoms with Crippen LogP contribution in [0.4, 0.5) is 0 Å². The fourth-order valence-electron chi connectivity index (χ4n) is 1.07. The highest BCUT2D eigenvalue weighted by Crippen LogP contribution is 2.07. The molecule has 0 saturated heterocycles. The van der Waals surface area contributed by atoms with Crippen molar-refractivity contribution >= 4 is 33.8 Å². The van der Waals surface area contributed by atoms with E-state index in [2.05, 4.69) is 12.2 Å². The van der Waals surface area contributed by atoms with Gasteiger partial charge in [0.05, 0.1) is 0 Å². The Morgan fingerprint density at radius 1 is 0.875 bits per heavy atom. The molecular formula is C12H20O2S2. The first-order valence-corrected chi connectivity index (χ1v) is 7.51. The van der Waals surface area contributed by atoms with Crippen LogP contribution in [0.2, 0.25) is 0 Å². The molecule has 0 amide bonds. The summed E-state index contributed by atoms with van der Waals surface area (Å²) in [4.78, 5) is 21.2. The highest BCUT2D eigenvalue weighted by molar-refractivity contribution is 8.13. The van der Waals surface area contributed by atoms with Crippen molar-refractivity contribution in [2.75, 3.05) is 11.5 Å². The zero-order chi connectivity index (χ0) is 12.2. The van der Waals surface area contributed by atoms with Crippen LogP contribution in [0.25, 0.3) is 0 Å². The van der Waals surface area contributed by atoms with Crippen molar-refractivity contribution in [1.82, 2.24) is 0 Å². The van der Waals surface area contributed by atoms with Gasteiger partial charge in [0, 0.05) is 25.4 Å². The van der Waals surface area contributed by atoms with E-state index in [0.717, 1.165) is 37.2 Å². The van der Waals surface area contributed by atoms with Gasteiger partial charge < -0.3 is 0 Å². The molecule has 2 nitrogen and oxygen atoms in total. The van der Waals surface area contributed by atoms with E-state index in [-0.39, 0.29) is 10.2 Å². The average Bonchev–Trinajstić information content (AvgIpc) is 2.20. The fraction of sp³-hybridized carbons (Fsp3) is 0.667. The van der Waals surface area contributed by atoms with Gasteiger partial charge in [-0.15, -0.1) is 0 Å². The molecule has 0 atom stereocenters. The van der Waals surface area contributed by atoms with Gasteiger partial charge in [-0.05, 0) is 25.7 Å². The average molecular weight is 260 g/mol. The van der Waals surface area contributed by atoms with E-state index in [1.54, 1.807) is 13.8 Å². The summed E-state index contributed by atoms with van der Waals surface area (Å²) in [6.45, 7) is 3.21. The first-order valence-electron chi connectivity index (χ1n) is 5.54. The van der Waals surface area contributed by atoms with E-state index >= 15 is 0 Å². The van der Waals surface area contributed by atoms with Gasteiger partial charge in [-0.3, -0.25) is 9.59 Å². The summed E-state index contributed by atoms with van der Waals surface area (Å²) in [6, 6.07) is 0. The number of carbonyl (C=O) groups excluding carboxylic acids is 2. The minimum absolute atomic E-state index is 0.199. The number of thioether (sulfide) groups is 2. The Morgan fingerprint density at radius 2 is 1.25 bits per heavy atom. The predicted octanol–water partition coefficient (Wildman–Crippen LogP) is 3.66. The zero-order valence-electron chi connectivity index (χ0n) is 10.0. The Labute approximate surface area is 107 Å². The number of rotatable bonds is 8. The second kappa shape index (κ2) is 11.3. The molecule has 92 valence electrons. The molecule has 16 heavy (non-hydrogen) atoms. The standard InChI is InChI=1S/C12H20O2S2/c1-11(13)15-9-7-5-3-4-6-8-10-16-12(2)14/h3-4H,5-10H2,1-2H3/b4-3-. The maximum Gasteiger partial charge on any atom is 0.185 e. The van der Waals surface area contributed by atoms with Gasteiger partial charge in [-0.25, -0.2) is 0 Å². The molecule has 0 N–H and O–H groups in total. The smallest absolute Gasteiger partial charge is 0.185 e. The van der Waals surface area contributed by atoms with Crippen LogP contribution < -0.4 is 0 Å². The molecule has 0 aliphatic carbocycles. The second-order valence-electron chi connectivity index (χ2n) is 3.44. The summed E-state index contributed by atoms with van der Waals surface area (Å²) in [7, 11) is 0. The Balaban J connectivity index is 3.16. The zero-order valence-corrected chi connectivity index (χ0v) is 11.7. The van der Waals surface area contributed by atoms with Crippen LogP contribution in [0, 0.1) is 0 Å². The van der Waals surface area contributed by atoms with Crippen molar-refractivity contribution < 1.29 is 9.59 Å². The lowest BCUT2D eigenvalue weighted by molar-refractivity contribution is -0.109. The molecule has 0 radical (unpaired) electrons. The van der Waals surface area contributed by atoms with Crippen molar-refractivity contribution in [1.29, 1.82) is 0 Å². The van der Waals surface area contributed by atoms with E-state index in [0.29, 0.717) is 0 Å². The minimum atomic E-state index is 0.199. The van der Waals surface area contributed by atoms with Gasteiger partial charge in [0.1, 0.15) is 0 Å². The highest BCUT2D eigenvalue weighted by Gasteiger charge is 1.93. The number of hydrogen-bond donors (Lipinski definition) is 0. The molecule has 0 aliphatic heterocycles. The van der Waals surface area contributed by atoms with Crippen LogP contribution in [0.5, 0.6) is 0 Å². The van der Waals surface area contributed by atoms with Gasteiger partial charge in [0.25, 0.3) is 0 Å². The lowest BCUT2D eigenvalue weighted by atomic mass is 10.2. The second-order valence-corrected chi connectivity index (χ2v) is 5.98. The Hall–Kier alpha value is -0.220. The van der Waals surface area contributed by atoms with Crippen LogP contribution in [-0.4, -0.2) is 21.7 Å². The quantitative estimate of drug-likeness (QED) is 0.492. The van der Waals surface area contributed by atoms with Crippen LogP contribution in [-0.2, 0) is 9.59 Å².